The summed E-state index contributed by atoms with van der Waals surface area (Å²) in [5.41, 5.74) is 3.64. The number of fused-ring (bicyclic) bond motifs is 1. The van der Waals surface area contributed by atoms with Crippen LogP contribution in [0.15, 0.2) is 30.9 Å². The molecule has 1 unspecified atom stereocenters. The highest BCUT2D eigenvalue weighted by Crippen LogP contribution is 2.25. The van der Waals surface area contributed by atoms with Crippen LogP contribution in [0.5, 0.6) is 0 Å². The Morgan fingerprint density at radius 1 is 1.35 bits per heavy atom. The molecule has 0 heterocycles. The Balaban J connectivity index is 2.05. The molecular weight excluding hydrogens is 208 g/mol. The summed E-state index contributed by atoms with van der Waals surface area (Å²) >= 11 is 0. The second-order valence-electron chi connectivity index (χ2n) is 5.46. The van der Waals surface area contributed by atoms with Gasteiger partial charge in [0.05, 0.1) is 5.60 Å². The highest BCUT2D eigenvalue weighted by atomic mass is 16.3. The summed E-state index contributed by atoms with van der Waals surface area (Å²) in [4.78, 5) is 0. The van der Waals surface area contributed by atoms with Gasteiger partial charge in [-0.2, -0.15) is 0 Å². The number of hydrogen-bond acceptors (Lipinski definition) is 1. The van der Waals surface area contributed by atoms with E-state index in [-0.39, 0.29) is 0 Å². The van der Waals surface area contributed by atoms with E-state index < -0.39 is 5.60 Å². The van der Waals surface area contributed by atoms with Gasteiger partial charge in [-0.25, -0.2) is 0 Å². The molecule has 1 N–H and O–H groups in total. The van der Waals surface area contributed by atoms with Gasteiger partial charge in [0, 0.05) is 6.42 Å². The average Bonchev–Trinajstić information content (AvgIpc) is 2.73. The van der Waals surface area contributed by atoms with E-state index in [9.17, 15) is 5.11 Å². The van der Waals surface area contributed by atoms with Crippen molar-refractivity contribution in [2.75, 3.05) is 0 Å². The molecule has 0 aromatic heterocycles. The van der Waals surface area contributed by atoms with Crippen molar-refractivity contribution in [3.05, 3.63) is 47.5 Å². The van der Waals surface area contributed by atoms with Crippen molar-refractivity contribution in [2.24, 2.45) is 0 Å². The van der Waals surface area contributed by atoms with Crippen molar-refractivity contribution in [3.63, 3.8) is 0 Å². The summed E-state index contributed by atoms with van der Waals surface area (Å²) in [6.07, 6.45) is 7.99. The first-order valence-corrected chi connectivity index (χ1v) is 6.55. The summed E-state index contributed by atoms with van der Waals surface area (Å²) in [5.74, 6) is 0. The van der Waals surface area contributed by atoms with E-state index in [4.69, 9.17) is 0 Å². The zero-order valence-electron chi connectivity index (χ0n) is 10.7. The molecule has 0 saturated carbocycles. The van der Waals surface area contributed by atoms with Crippen molar-refractivity contribution in [1.82, 2.24) is 0 Å². The van der Waals surface area contributed by atoms with Crippen molar-refractivity contribution < 1.29 is 5.11 Å². The van der Waals surface area contributed by atoms with Gasteiger partial charge >= 0.3 is 0 Å². The van der Waals surface area contributed by atoms with Crippen molar-refractivity contribution in [2.45, 2.75) is 51.0 Å². The largest absolute Gasteiger partial charge is 0.390 e. The highest BCUT2D eigenvalue weighted by Gasteiger charge is 2.21. The Hall–Kier alpha value is -1.08. The van der Waals surface area contributed by atoms with Crippen LogP contribution in [0.4, 0.5) is 0 Å². The minimum atomic E-state index is -0.610. The quantitative estimate of drug-likeness (QED) is 0.768. The molecule has 1 heteroatoms. The molecule has 1 aromatic rings. The Bertz CT molecular complexity index is 404. The molecule has 0 aliphatic heterocycles. The lowest BCUT2D eigenvalue weighted by Gasteiger charge is -2.23. The lowest BCUT2D eigenvalue weighted by Crippen LogP contribution is -2.26. The van der Waals surface area contributed by atoms with Gasteiger partial charge in [-0.3, -0.25) is 0 Å². The molecule has 1 nitrogen and oxygen atoms in total. The van der Waals surface area contributed by atoms with Crippen LogP contribution < -0.4 is 0 Å². The van der Waals surface area contributed by atoms with Crippen LogP contribution in [0.25, 0.3) is 0 Å². The maximum Gasteiger partial charge on any atom is 0.0662 e. The Labute approximate surface area is 104 Å². The van der Waals surface area contributed by atoms with Gasteiger partial charge in [-0.15, -0.1) is 6.58 Å². The minimum absolute atomic E-state index is 0.610. The van der Waals surface area contributed by atoms with Gasteiger partial charge < -0.3 is 5.11 Å². The molecule has 17 heavy (non-hydrogen) atoms. The van der Waals surface area contributed by atoms with Crippen LogP contribution in [0.2, 0.25) is 0 Å². The fraction of sp³-hybridized carbons (Fsp3) is 0.500. The second kappa shape index (κ2) is 5.05. The molecule has 1 atom stereocenters. The Kier molecular flexibility index (Phi) is 3.68. The molecule has 0 amide bonds. The van der Waals surface area contributed by atoms with Crippen LogP contribution >= 0.6 is 0 Å². The number of aryl methyl sites for hydroxylation is 2. The van der Waals surface area contributed by atoms with Gasteiger partial charge in [0.25, 0.3) is 0 Å². The first-order chi connectivity index (χ1) is 8.11. The van der Waals surface area contributed by atoms with E-state index in [1.165, 1.54) is 36.0 Å². The Morgan fingerprint density at radius 3 is 2.88 bits per heavy atom. The molecule has 1 aliphatic carbocycles. The normalized spacial score (nSPS) is 17.5. The molecule has 92 valence electrons. The van der Waals surface area contributed by atoms with Gasteiger partial charge in [0.2, 0.25) is 0 Å². The third kappa shape index (κ3) is 3.19. The standard InChI is InChI=1S/C16H22O/c1-3-4-10-16(2,17)12-13-8-9-14-6-5-7-15(14)11-13/h3,8-9,11,17H,1,4-7,10,12H2,2H3. The molecule has 0 saturated heterocycles. The zero-order valence-corrected chi connectivity index (χ0v) is 10.7. The minimum Gasteiger partial charge on any atom is -0.390 e. The zero-order chi connectivity index (χ0) is 12.3. The fourth-order valence-electron chi connectivity index (χ4n) is 2.68. The van der Waals surface area contributed by atoms with Crippen LogP contribution in [0.3, 0.4) is 0 Å². The monoisotopic (exact) mass is 230 g/mol. The number of rotatable bonds is 5. The number of allylic oxidation sites excluding steroid dienone is 1. The summed E-state index contributed by atoms with van der Waals surface area (Å²) in [7, 11) is 0. The van der Waals surface area contributed by atoms with Gasteiger partial charge in [0.15, 0.2) is 0 Å². The first-order valence-electron chi connectivity index (χ1n) is 6.55. The Morgan fingerprint density at radius 2 is 2.12 bits per heavy atom. The average molecular weight is 230 g/mol. The maximum absolute atomic E-state index is 10.3. The number of aliphatic hydroxyl groups is 1. The van der Waals surface area contributed by atoms with Crippen LogP contribution in [-0.2, 0) is 19.3 Å². The molecule has 0 spiro atoms. The molecule has 0 bridgehead atoms. The van der Waals surface area contributed by atoms with Crippen molar-refractivity contribution in [1.29, 1.82) is 0 Å². The topological polar surface area (TPSA) is 20.2 Å². The lowest BCUT2D eigenvalue weighted by molar-refractivity contribution is 0.0523. The van der Waals surface area contributed by atoms with E-state index in [0.29, 0.717) is 0 Å². The smallest absolute Gasteiger partial charge is 0.0662 e. The summed E-state index contributed by atoms with van der Waals surface area (Å²) in [5, 5.41) is 10.3. The van der Waals surface area contributed by atoms with Gasteiger partial charge in [-0.1, -0.05) is 24.3 Å². The molecule has 1 aromatic carbocycles. The molecule has 1 aliphatic rings. The molecule has 2 rings (SSSR count). The fourth-order valence-corrected chi connectivity index (χ4v) is 2.68. The maximum atomic E-state index is 10.3. The predicted molar refractivity (Wildman–Crippen MR) is 72.2 cm³/mol. The summed E-state index contributed by atoms with van der Waals surface area (Å²) in [6, 6.07) is 6.69. The SMILES string of the molecule is C=CCCC(C)(O)Cc1ccc2c(c1)CCC2. The van der Waals surface area contributed by atoms with E-state index in [1.54, 1.807) is 0 Å². The van der Waals surface area contributed by atoms with E-state index in [1.807, 2.05) is 13.0 Å². The van der Waals surface area contributed by atoms with Crippen LogP contribution in [0, 0.1) is 0 Å². The predicted octanol–water partition coefficient (Wildman–Crippen LogP) is 3.44. The van der Waals surface area contributed by atoms with E-state index in [0.717, 1.165) is 19.3 Å². The molecule has 0 fully saturated rings. The summed E-state index contributed by atoms with van der Waals surface area (Å²) < 4.78 is 0. The van der Waals surface area contributed by atoms with E-state index in [2.05, 4.69) is 24.8 Å². The highest BCUT2D eigenvalue weighted by molar-refractivity contribution is 5.35. The number of benzene rings is 1. The van der Waals surface area contributed by atoms with Crippen LogP contribution in [-0.4, -0.2) is 10.7 Å². The van der Waals surface area contributed by atoms with Crippen molar-refractivity contribution >= 4 is 0 Å². The lowest BCUT2D eigenvalue weighted by atomic mass is 9.90. The van der Waals surface area contributed by atoms with Gasteiger partial charge in [-0.05, 0) is 55.7 Å². The van der Waals surface area contributed by atoms with Crippen LogP contribution in [0.1, 0.15) is 42.9 Å². The van der Waals surface area contributed by atoms with E-state index >= 15 is 0 Å². The number of hydrogen-bond donors (Lipinski definition) is 1. The first kappa shape index (κ1) is 12.4. The molecular formula is C16H22O. The third-order valence-corrected chi connectivity index (χ3v) is 3.63. The summed E-state index contributed by atoms with van der Waals surface area (Å²) in [6.45, 7) is 5.63. The van der Waals surface area contributed by atoms with Crippen molar-refractivity contribution in [3.8, 4) is 0 Å². The van der Waals surface area contributed by atoms with Gasteiger partial charge in [0.1, 0.15) is 0 Å². The third-order valence-electron chi connectivity index (χ3n) is 3.63. The molecule has 0 radical (unpaired) electrons. The second-order valence-corrected chi connectivity index (χ2v) is 5.46.